The van der Waals surface area contributed by atoms with Crippen molar-refractivity contribution in [3.63, 3.8) is 0 Å². The minimum Gasteiger partial charge on any atom is -0.481 e. The van der Waals surface area contributed by atoms with Crippen LogP contribution in [-0.4, -0.2) is 29.4 Å². The minimum atomic E-state index is -0.815. The molecular formula is C18H22N2O4S. The van der Waals surface area contributed by atoms with Crippen LogP contribution in [0.3, 0.4) is 0 Å². The molecule has 6 nitrogen and oxygen atoms in total. The number of aryl methyl sites for hydroxylation is 1. The van der Waals surface area contributed by atoms with Crippen LogP contribution in [0.2, 0.25) is 0 Å². The molecule has 0 saturated heterocycles. The fourth-order valence-corrected chi connectivity index (χ4v) is 4.57. The average molecular weight is 362 g/mol. The van der Waals surface area contributed by atoms with Crippen molar-refractivity contribution in [3.05, 3.63) is 16.0 Å². The Morgan fingerprint density at radius 2 is 1.84 bits per heavy atom. The molecule has 134 valence electrons. The summed E-state index contributed by atoms with van der Waals surface area (Å²) >= 11 is 1.44. The summed E-state index contributed by atoms with van der Waals surface area (Å²) in [5.74, 6) is -0.845. The van der Waals surface area contributed by atoms with Gasteiger partial charge in [0.1, 0.15) is 5.00 Å². The zero-order chi connectivity index (χ0) is 17.6. The van der Waals surface area contributed by atoms with Crippen molar-refractivity contribution in [1.82, 2.24) is 5.32 Å². The number of thiophene rings is 1. The first kappa shape index (κ1) is 16.6. The van der Waals surface area contributed by atoms with Gasteiger partial charge in [0, 0.05) is 17.3 Å². The number of nitrogens with one attached hydrogen (secondary N) is 2. The highest BCUT2D eigenvalue weighted by Crippen LogP contribution is 2.41. The molecule has 1 heterocycles. The number of hydrogen-bond acceptors (Lipinski definition) is 4. The molecule has 3 aliphatic carbocycles. The van der Waals surface area contributed by atoms with E-state index in [4.69, 9.17) is 0 Å². The molecule has 4 rings (SSSR count). The van der Waals surface area contributed by atoms with Crippen molar-refractivity contribution >= 4 is 34.1 Å². The Bertz CT molecular complexity index is 734. The summed E-state index contributed by atoms with van der Waals surface area (Å²) in [6.45, 7) is 0.655. The number of carbonyl (C=O) groups excluding carboxylic acids is 2. The number of carboxylic acids is 1. The zero-order valence-corrected chi connectivity index (χ0v) is 14.8. The van der Waals surface area contributed by atoms with Crippen LogP contribution >= 0.6 is 11.3 Å². The van der Waals surface area contributed by atoms with Gasteiger partial charge in [-0.3, -0.25) is 14.4 Å². The molecule has 1 aromatic heterocycles. The maximum Gasteiger partial charge on any atom is 0.306 e. The van der Waals surface area contributed by atoms with Gasteiger partial charge in [0.05, 0.1) is 11.5 Å². The minimum absolute atomic E-state index is 0.0235. The lowest BCUT2D eigenvalue weighted by atomic mass is 9.86. The Balaban J connectivity index is 1.61. The van der Waals surface area contributed by atoms with Gasteiger partial charge in [0.2, 0.25) is 5.91 Å². The third-order valence-electron chi connectivity index (χ3n) is 5.27. The van der Waals surface area contributed by atoms with E-state index in [-0.39, 0.29) is 17.7 Å². The highest BCUT2D eigenvalue weighted by atomic mass is 32.1. The van der Waals surface area contributed by atoms with Gasteiger partial charge in [0.15, 0.2) is 0 Å². The van der Waals surface area contributed by atoms with Crippen LogP contribution < -0.4 is 10.6 Å². The second kappa shape index (κ2) is 6.44. The lowest BCUT2D eigenvalue weighted by molar-refractivity contribution is -0.142. The van der Waals surface area contributed by atoms with E-state index in [1.54, 1.807) is 0 Å². The van der Waals surface area contributed by atoms with Crippen molar-refractivity contribution < 1.29 is 19.5 Å². The second-order valence-electron chi connectivity index (χ2n) is 7.40. The third kappa shape index (κ3) is 3.56. The van der Waals surface area contributed by atoms with Gasteiger partial charge in [-0.25, -0.2) is 0 Å². The van der Waals surface area contributed by atoms with E-state index in [0.29, 0.717) is 42.3 Å². The van der Waals surface area contributed by atoms with Gasteiger partial charge in [-0.1, -0.05) is 0 Å². The van der Waals surface area contributed by atoms with E-state index < -0.39 is 11.9 Å². The van der Waals surface area contributed by atoms with E-state index in [2.05, 4.69) is 10.6 Å². The molecule has 1 atom stereocenters. The van der Waals surface area contributed by atoms with Crippen molar-refractivity contribution in [2.24, 2.45) is 17.8 Å². The molecule has 3 N–H and O–H groups in total. The monoisotopic (exact) mass is 362 g/mol. The first-order valence-corrected chi connectivity index (χ1v) is 9.81. The number of anilines is 1. The maximum absolute atomic E-state index is 12.8. The highest BCUT2D eigenvalue weighted by Gasteiger charge is 2.35. The Labute approximate surface area is 150 Å². The molecule has 3 aliphatic rings. The quantitative estimate of drug-likeness (QED) is 0.724. The molecule has 1 aromatic rings. The second-order valence-corrected chi connectivity index (χ2v) is 8.51. The van der Waals surface area contributed by atoms with Gasteiger partial charge < -0.3 is 15.7 Å². The number of hydrogen-bond donors (Lipinski definition) is 3. The van der Waals surface area contributed by atoms with Gasteiger partial charge in [-0.15, -0.1) is 11.3 Å². The maximum atomic E-state index is 12.8. The van der Waals surface area contributed by atoms with Crippen molar-refractivity contribution in [2.75, 3.05) is 11.9 Å². The smallest absolute Gasteiger partial charge is 0.306 e. The molecule has 0 aliphatic heterocycles. The Hall–Kier alpha value is -1.89. The molecule has 25 heavy (non-hydrogen) atoms. The van der Waals surface area contributed by atoms with Crippen LogP contribution in [0.25, 0.3) is 0 Å². The number of carbonyl (C=O) groups is 3. The number of fused-ring (bicyclic) bond motifs is 1. The predicted octanol–water partition coefficient (Wildman–Crippen LogP) is 2.43. The van der Waals surface area contributed by atoms with Gasteiger partial charge >= 0.3 is 5.97 Å². The summed E-state index contributed by atoms with van der Waals surface area (Å²) in [4.78, 5) is 37.4. The molecule has 1 unspecified atom stereocenters. The molecule has 0 bridgehead atoms. The van der Waals surface area contributed by atoms with Crippen LogP contribution in [0.15, 0.2) is 0 Å². The van der Waals surface area contributed by atoms with E-state index in [9.17, 15) is 19.5 Å². The third-order valence-corrected chi connectivity index (χ3v) is 6.48. The summed E-state index contributed by atoms with van der Waals surface area (Å²) in [5, 5.41) is 15.8. The lowest BCUT2D eigenvalue weighted by Gasteiger charge is -2.19. The van der Waals surface area contributed by atoms with Crippen LogP contribution in [0.1, 0.15) is 52.9 Å². The van der Waals surface area contributed by atoms with Gasteiger partial charge in [-0.2, -0.15) is 0 Å². The van der Waals surface area contributed by atoms with Crippen LogP contribution in [0.4, 0.5) is 5.00 Å². The molecular weight excluding hydrogens is 340 g/mol. The number of rotatable bonds is 6. The molecule has 0 aromatic carbocycles. The first-order chi connectivity index (χ1) is 12.0. The van der Waals surface area contributed by atoms with Gasteiger partial charge in [0.25, 0.3) is 5.91 Å². The lowest BCUT2D eigenvalue weighted by Crippen LogP contribution is -2.29. The van der Waals surface area contributed by atoms with Crippen molar-refractivity contribution in [1.29, 1.82) is 0 Å². The Morgan fingerprint density at radius 3 is 2.48 bits per heavy atom. The summed E-state index contributed by atoms with van der Waals surface area (Å²) in [6.07, 6.45) is 5.71. The van der Waals surface area contributed by atoms with E-state index in [0.717, 1.165) is 36.1 Å². The van der Waals surface area contributed by atoms with Crippen molar-refractivity contribution in [2.45, 2.75) is 44.9 Å². The van der Waals surface area contributed by atoms with Gasteiger partial charge in [-0.05, 0) is 56.4 Å². The summed E-state index contributed by atoms with van der Waals surface area (Å²) in [6, 6.07) is 0. The average Bonchev–Trinajstić information content (AvgIpc) is 3.48. The molecule has 2 saturated carbocycles. The fraction of sp³-hybridized carbons (Fsp3) is 0.611. The molecule has 0 spiro atoms. The molecule has 2 fully saturated rings. The normalized spacial score (nSPS) is 22.2. The Morgan fingerprint density at radius 1 is 1.08 bits per heavy atom. The largest absolute Gasteiger partial charge is 0.481 e. The molecule has 2 amide bonds. The summed E-state index contributed by atoms with van der Waals surface area (Å²) < 4.78 is 0. The van der Waals surface area contributed by atoms with Crippen LogP contribution in [0, 0.1) is 17.8 Å². The van der Waals surface area contributed by atoms with Crippen LogP contribution in [0.5, 0.6) is 0 Å². The summed E-state index contributed by atoms with van der Waals surface area (Å²) in [5.41, 5.74) is 1.32. The zero-order valence-electron chi connectivity index (χ0n) is 14.0. The van der Waals surface area contributed by atoms with E-state index in [1.165, 1.54) is 11.3 Å². The van der Waals surface area contributed by atoms with Crippen LogP contribution in [-0.2, 0) is 22.4 Å². The number of amides is 2. The summed E-state index contributed by atoms with van der Waals surface area (Å²) in [7, 11) is 0. The van der Waals surface area contributed by atoms with E-state index in [1.807, 2.05) is 0 Å². The molecule has 7 heteroatoms. The standard InChI is InChI=1S/C18H22N2O4S/c21-15(10-3-4-10)20-17-14(16(22)19-8-9-1-2-9)12-7-11(18(23)24)5-6-13(12)25-17/h9-11H,1-8H2,(H,19,22)(H,20,21)(H,23,24). The number of aliphatic carboxylic acids is 1. The van der Waals surface area contributed by atoms with Crippen molar-refractivity contribution in [3.8, 4) is 0 Å². The topological polar surface area (TPSA) is 95.5 Å². The highest BCUT2D eigenvalue weighted by molar-refractivity contribution is 7.17. The first-order valence-electron chi connectivity index (χ1n) is 8.99. The SMILES string of the molecule is O=C(NCC1CC1)c1c(NC(=O)C2CC2)sc2c1CC(C(=O)O)CC2. The molecule has 0 radical (unpaired) electrons. The van der Waals surface area contributed by atoms with E-state index >= 15 is 0 Å². The fourth-order valence-electron chi connectivity index (χ4n) is 3.33. The predicted molar refractivity (Wildman–Crippen MR) is 93.9 cm³/mol. The Kier molecular flexibility index (Phi) is 4.27. The number of carboxylic acid groups (broad SMARTS) is 1.